The van der Waals surface area contributed by atoms with Crippen LogP contribution >= 0.6 is 11.3 Å². The number of aromatic amines is 1. The van der Waals surface area contributed by atoms with Gasteiger partial charge >= 0.3 is 6.03 Å². The molecule has 0 unspecified atom stereocenters. The van der Waals surface area contributed by atoms with Crippen molar-refractivity contribution in [3.8, 4) is 10.6 Å². The van der Waals surface area contributed by atoms with Crippen LogP contribution in [0.3, 0.4) is 0 Å². The van der Waals surface area contributed by atoms with E-state index in [1.807, 2.05) is 12.1 Å². The largest absolute Gasteiger partial charge is 0.324 e. The van der Waals surface area contributed by atoms with E-state index in [1.54, 1.807) is 19.2 Å². The maximum atomic E-state index is 12.3. The third-order valence-corrected chi connectivity index (χ3v) is 4.93. The zero-order chi connectivity index (χ0) is 19.4. The monoisotopic (exact) mass is 383 g/mol. The minimum Gasteiger partial charge on any atom is -0.324 e. The van der Waals surface area contributed by atoms with Crippen molar-refractivity contribution in [2.24, 2.45) is 0 Å². The van der Waals surface area contributed by atoms with Crippen molar-refractivity contribution in [2.45, 2.75) is 26.3 Å². The van der Waals surface area contributed by atoms with Gasteiger partial charge in [-0.3, -0.25) is 10.1 Å². The van der Waals surface area contributed by atoms with E-state index < -0.39 is 0 Å². The number of rotatable bonds is 5. The Hall–Kier alpha value is -3.00. The summed E-state index contributed by atoms with van der Waals surface area (Å²) >= 11 is 1.32. The number of hydrogen-bond acceptors (Lipinski definition) is 5. The summed E-state index contributed by atoms with van der Waals surface area (Å²) in [5, 5.41) is 12.1. The minimum absolute atomic E-state index is 0.196. The van der Waals surface area contributed by atoms with E-state index in [0.29, 0.717) is 16.7 Å². The smallest absolute Gasteiger partial charge is 0.323 e. The SMILES string of the molecule is CC(C)c1ccc(-c2nnc(NC(=O)N(C)Cc3cccc(=O)[nH]3)s2)cc1. The fourth-order valence-corrected chi connectivity index (χ4v) is 3.24. The van der Waals surface area contributed by atoms with Crippen molar-refractivity contribution in [3.05, 3.63) is 64.1 Å². The molecule has 0 saturated heterocycles. The summed E-state index contributed by atoms with van der Waals surface area (Å²) in [5.74, 6) is 0.471. The van der Waals surface area contributed by atoms with Gasteiger partial charge < -0.3 is 9.88 Å². The Morgan fingerprint density at radius 1 is 1.19 bits per heavy atom. The molecule has 0 spiro atoms. The Labute approximate surface area is 161 Å². The van der Waals surface area contributed by atoms with Crippen molar-refractivity contribution >= 4 is 22.5 Å². The molecule has 0 aliphatic carbocycles. The topological polar surface area (TPSA) is 91.0 Å². The van der Waals surface area contributed by atoms with Crippen molar-refractivity contribution in [3.63, 3.8) is 0 Å². The van der Waals surface area contributed by atoms with Gasteiger partial charge in [-0.25, -0.2) is 4.79 Å². The molecule has 27 heavy (non-hydrogen) atoms. The standard InChI is InChI=1S/C19H21N5O2S/c1-12(2)13-7-9-14(10-8-13)17-22-23-18(27-17)21-19(26)24(3)11-15-5-4-6-16(25)20-15/h4-10,12H,11H2,1-3H3,(H,20,25)(H,21,23,26). The second-order valence-corrected chi connectivity index (χ2v) is 7.49. The summed E-state index contributed by atoms with van der Waals surface area (Å²) in [7, 11) is 1.65. The van der Waals surface area contributed by atoms with E-state index >= 15 is 0 Å². The molecule has 7 nitrogen and oxygen atoms in total. The molecule has 0 radical (unpaired) electrons. The van der Waals surface area contributed by atoms with Crippen LogP contribution in [0.5, 0.6) is 0 Å². The molecule has 1 aromatic carbocycles. The molecule has 2 aromatic heterocycles. The molecular formula is C19H21N5O2S. The van der Waals surface area contributed by atoms with Crippen LogP contribution in [-0.4, -0.2) is 33.2 Å². The van der Waals surface area contributed by atoms with Crippen molar-refractivity contribution in [1.82, 2.24) is 20.1 Å². The highest BCUT2D eigenvalue weighted by Crippen LogP contribution is 2.27. The highest BCUT2D eigenvalue weighted by atomic mass is 32.1. The van der Waals surface area contributed by atoms with Crippen LogP contribution in [0.1, 0.15) is 31.0 Å². The van der Waals surface area contributed by atoms with Crippen LogP contribution in [0.4, 0.5) is 9.93 Å². The molecule has 0 fully saturated rings. The van der Waals surface area contributed by atoms with Crippen LogP contribution in [0.25, 0.3) is 10.6 Å². The first-order chi connectivity index (χ1) is 12.9. The van der Waals surface area contributed by atoms with E-state index in [1.165, 1.54) is 27.9 Å². The molecule has 0 bridgehead atoms. The van der Waals surface area contributed by atoms with Gasteiger partial charge in [0, 0.05) is 24.4 Å². The van der Waals surface area contributed by atoms with Gasteiger partial charge in [-0.15, -0.1) is 10.2 Å². The number of H-pyrrole nitrogens is 1. The second kappa shape index (κ2) is 8.13. The number of amides is 2. The average Bonchev–Trinajstić information content (AvgIpc) is 3.10. The van der Waals surface area contributed by atoms with Gasteiger partial charge in [0.15, 0.2) is 0 Å². The molecule has 0 aliphatic rings. The maximum Gasteiger partial charge on any atom is 0.323 e. The molecular weight excluding hydrogens is 362 g/mol. The highest BCUT2D eigenvalue weighted by molar-refractivity contribution is 7.18. The molecule has 2 heterocycles. The van der Waals surface area contributed by atoms with Crippen molar-refractivity contribution in [1.29, 1.82) is 0 Å². The maximum absolute atomic E-state index is 12.3. The van der Waals surface area contributed by atoms with Crippen LogP contribution in [-0.2, 0) is 6.54 Å². The number of aromatic nitrogens is 3. The van der Waals surface area contributed by atoms with Crippen molar-refractivity contribution in [2.75, 3.05) is 12.4 Å². The third kappa shape index (κ3) is 4.79. The van der Waals surface area contributed by atoms with Gasteiger partial charge in [-0.1, -0.05) is 55.5 Å². The number of anilines is 1. The van der Waals surface area contributed by atoms with Crippen LogP contribution in [0, 0.1) is 0 Å². The Morgan fingerprint density at radius 2 is 1.93 bits per heavy atom. The summed E-state index contributed by atoms with van der Waals surface area (Å²) in [4.78, 5) is 27.8. The predicted octanol–water partition coefficient (Wildman–Crippen LogP) is 3.68. The van der Waals surface area contributed by atoms with E-state index in [9.17, 15) is 9.59 Å². The van der Waals surface area contributed by atoms with Gasteiger partial charge in [0.1, 0.15) is 5.01 Å². The lowest BCUT2D eigenvalue weighted by Crippen LogP contribution is -2.31. The molecule has 8 heteroatoms. The second-order valence-electron chi connectivity index (χ2n) is 6.52. The lowest BCUT2D eigenvalue weighted by molar-refractivity contribution is 0.220. The minimum atomic E-state index is -0.322. The predicted molar refractivity (Wildman–Crippen MR) is 107 cm³/mol. The molecule has 0 atom stereocenters. The first-order valence-electron chi connectivity index (χ1n) is 8.56. The lowest BCUT2D eigenvalue weighted by atomic mass is 10.0. The van der Waals surface area contributed by atoms with Crippen LogP contribution in [0.2, 0.25) is 0 Å². The molecule has 0 saturated carbocycles. The summed E-state index contributed by atoms with van der Waals surface area (Å²) < 4.78 is 0. The van der Waals surface area contributed by atoms with Gasteiger partial charge in [0.2, 0.25) is 10.7 Å². The van der Waals surface area contributed by atoms with E-state index in [0.717, 1.165) is 10.6 Å². The molecule has 140 valence electrons. The number of pyridine rings is 1. The van der Waals surface area contributed by atoms with E-state index in [4.69, 9.17) is 0 Å². The molecule has 2 N–H and O–H groups in total. The van der Waals surface area contributed by atoms with E-state index in [2.05, 4.69) is 46.5 Å². The number of carbonyl (C=O) groups excluding carboxylic acids is 1. The summed E-state index contributed by atoms with van der Waals surface area (Å²) in [6, 6.07) is 12.7. The Morgan fingerprint density at radius 3 is 2.59 bits per heavy atom. The molecule has 3 aromatic rings. The third-order valence-electron chi connectivity index (χ3n) is 4.05. The number of nitrogens with zero attached hydrogens (tertiary/aromatic N) is 3. The average molecular weight is 383 g/mol. The summed E-state index contributed by atoms with van der Waals surface area (Å²) in [6.45, 7) is 4.58. The fraction of sp³-hybridized carbons (Fsp3) is 0.263. The Bertz CT molecular complexity index is 978. The Kier molecular flexibility index (Phi) is 5.66. The van der Waals surface area contributed by atoms with Gasteiger partial charge in [-0.2, -0.15) is 0 Å². The number of urea groups is 1. The number of nitrogens with one attached hydrogen (secondary N) is 2. The van der Waals surface area contributed by atoms with Crippen LogP contribution < -0.4 is 10.9 Å². The summed E-state index contributed by atoms with van der Waals surface area (Å²) in [6.07, 6.45) is 0. The first kappa shape index (κ1) is 18.8. The summed E-state index contributed by atoms with van der Waals surface area (Å²) in [5.41, 5.74) is 2.69. The number of carbonyl (C=O) groups is 1. The van der Waals surface area contributed by atoms with Gasteiger partial charge in [-0.05, 0) is 17.5 Å². The quantitative estimate of drug-likeness (QED) is 0.703. The van der Waals surface area contributed by atoms with Crippen molar-refractivity contribution < 1.29 is 4.79 Å². The van der Waals surface area contributed by atoms with Gasteiger partial charge in [0.05, 0.1) is 6.54 Å². The Balaban J connectivity index is 1.64. The molecule has 3 rings (SSSR count). The first-order valence-corrected chi connectivity index (χ1v) is 9.38. The molecule has 2 amide bonds. The highest BCUT2D eigenvalue weighted by Gasteiger charge is 2.14. The lowest BCUT2D eigenvalue weighted by Gasteiger charge is -2.16. The van der Waals surface area contributed by atoms with Gasteiger partial charge in [0.25, 0.3) is 0 Å². The van der Waals surface area contributed by atoms with Crippen LogP contribution in [0.15, 0.2) is 47.3 Å². The number of hydrogen-bond donors (Lipinski definition) is 2. The fourth-order valence-electron chi connectivity index (χ4n) is 2.50. The number of benzene rings is 1. The normalized spacial score (nSPS) is 10.8. The zero-order valence-electron chi connectivity index (χ0n) is 15.4. The molecule has 0 aliphatic heterocycles. The van der Waals surface area contributed by atoms with E-state index in [-0.39, 0.29) is 18.1 Å². The zero-order valence-corrected chi connectivity index (χ0v) is 16.2.